The van der Waals surface area contributed by atoms with Crippen molar-refractivity contribution in [2.75, 3.05) is 6.54 Å². The largest absolute Gasteiger partial charge is 0.356 e. The summed E-state index contributed by atoms with van der Waals surface area (Å²) in [6, 6.07) is 0. The van der Waals surface area contributed by atoms with Gasteiger partial charge in [-0.1, -0.05) is 20.3 Å². The molecule has 0 spiro atoms. The van der Waals surface area contributed by atoms with E-state index in [0.717, 1.165) is 36.6 Å². The topological polar surface area (TPSA) is 29.1 Å². The van der Waals surface area contributed by atoms with Gasteiger partial charge in [-0.05, 0) is 73.0 Å². The van der Waals surface area contributed by atoms with Crippen molar-refractivity contribution >= 4 is 5.91 Å². The molecule has 6 atom stereocenters. The Morgan fingerprint density at radius 3 is 2.75 bits per heavy atom. The molecule has 20 heavy (non-hydrogen) atoms. The average molecular weight is 275 g/mol. The quantitative estimate of drug-likeness (QED) is 0.716. The molecule has 4 aliphatic rings. The smallest absolute Gasteiger partial charge is 0.220 e. The van der Waals surface area contributed by atoms with E-state index in [1.54, 1.807) is 0 Å². The molecule has 0 aromatic heterocycles. The van der Waals surface area contributed by atoms with Gasteiger partial charge in [0.15, 0.2) is 0 Å². The summed E-state index contributed by atoms with van der Waals surface area (Å²) >= 11 is 0. The lowest BCUT2D eigenvalue weighted by molar-refractivity contribution is -0.141. The summed E-state index contributed by atoms with van der Waals surface area (Å²) in [6.07, 6.45) is 10.8. The number of fused-ring (bicyclic) bond motifs is 5. The van der Waals surface area contributed by atoms with E-state index in [1.165, 1.54) is 44.9 Å². The van der Waals surface area contributed by atoms with Gasteiger partial charge in [-0.2, -0.15) is 0 Å². The van der Waals surface area contributed by atoms with Crippen molar-refractivity contribution in [1.29, 1.82) is 0 Å². The Morgan fingerprint density at radius 1 is 1.05 bits per heavy atom. The number of hydrogen-bond acceptors (Lipinski definition) is 1. The number of rotatable bonds is 0. The minimum atomic E-state index is 0.301. The van der Waals surface area contributed by atoms with E-state index in [1.807, 2.05) is 0 Å². The van der Waals surface area contributed by atoms with Crippen LogP contribution in [-0.4, -0.2) is 12.5 Å². The van der Waals surface area contributed by atoms with Crippen molar-refractivity contribution < 1.29 is 4.79 Å². The zero-order valence-corrected chi connectivity index (χ0v) is 13.1. The maximum Gasteiger partial charge on any atom is 0.220 e. The molecule has 3 aliphatic carbocycles. The molecule has 0 unspecified atom stereocenters. The van der Waals surface area contributed by atoms with Gasteiger partial charge in [0.25, 0.3) is 0 Å². The maximum atomic E-state index is 12.0. The van der Waals surface area contributed by atoms with Crippen molar-refractivity contribution in [2.45, 2.75) is 65.2 Å². The minimum absolute atomic E-state index is 0.301. The summed E-state index contributed by atoms with van der Waals surface area (Å²) in [5.74, 6) is 3.76. The standard InChI is InChI=1S/C18H29NO/c1-17-8-3-4-14(17)13-6-5-12-11-19-16(20)10-18(12,2)15(13)7-9-17/h12-15H,3-11H2,1-2H3,(H,19,20)/t12-,13-,14+,15+,17+,18-/m0/s1. The number of carbonyl (C=O) groups excluding carboxylic acids is 1. The normalized spacial score (nSPS) is 54.6. The van der Waals surface area contributed by atoms with Crippen LogP contribution in [0.2, 0.25) is 0 Å². The summed E-state index contributed by atoms with van der Waals surface area (Å²) < 4.78 is 0. The van der Waals surface area contributed by atoms with Crippen LogP contribution in [-0.2, 0) is 4.79 Å². The Balaban J connectivity index is 1.66. The molecule has 2 nitrogen and oxygen atoms in total. The van der Waals surface area contributed by atoms with Gasteiger partial charge in [-0.3, -0.25) is 4.79 Å². The zero-order valence-electron chi connectivity index (χ0n) is 13.1. The van der Waals surface area contributed by atoms with Crippen molar-refractivity contribution in [1.82, 2.24) is 5.32 Å². The lowest BCUT2D eigenvalue weighted by Crippen LogP contribution is -2.57. The molecule has 2 heteroatoms. The van der Waals surface area contributed by atoms with Crippen molar-refractivity contribution in [3.05, 3.63) is 0 Å². The number of piperidine rings is 1. The molecule has 1 amide bonds. The SMILES string of the molecule is C[C@]12CCC[C@@H]1[C@@H]1CC[C@H]3CNC(=O)C[C@]3(C)[C@@H]1CC2. The van der Waals surface area contributed by atoms with Crippen molar-refractivity contribution in [2.24, 2.45) is 34.5 Å². The molecule has 1 saturated heterocycles. The maximum absolute atomic E-state index is 12.0. The van der Waals surface area contributed by atoms with Crippen LogP contribution in [0.4, 0.5) is 0 Å². The van der Waals surface area contributed by atoms with E-state index in [0.29, 0.717) is 16.7 Å². The van der Waals surface area contributed by atoms with Crippen LogP contribution in [0.3, 0.4) is 0 Å². The lowest BCUT2D eigenvalue weighted by atomic mass is 9.46. The molecule has 0 aromatic carbocycles. The molecule has 4 fully saturated rings. The van der Waals surface area contributed by atoms with Crippen LogP contribution >= 0.6 is 0 Å². The minimum Gasteiger partial charge on any atom is -0.356 e. The second-order valence-corrected chi connectivity index (χ2v) is 8.72. The Bertz CT molecular complexity index is 433. The first-order chi connectivity index (χ1) is 9.53. The van der Waals surface area contributed by atoms with E-state index in [4.69, 9.17) is 0 Å². The van der Waals surface area contributed by atoms with Gasteiger partial charge in [-0.25, -0.2) is 0 Å². The monoisotopic (exact) mass is 275 g/mol. The van der Waals surface area contributed by atoms with Gasteiger partial charge < -0.3 is 5.32 Å². The number of nitrogens with one attached hydrogen (secondary N) is 1. The Morgan fingerprint density at radius 2 is 1.90 bits per heavy atom. The first-order valence-corrected chi connectivity index (χ1v) is 8.80. The number of carbonyl (C=O) groups is 1. The molecule has 0 aromatic rings. The lowest BCUT2D eigenvalue weighted by Gasteiger charge is -2.59. The van der Waals surface area contributed by atoms with Gasteiger partial charge in [0.1, 0.15) is 0 Å². The molecule has 4 rings (SSSR count). The van der Waals surface area contributed by atoms with Crippen LogP contribution < -0.4 is 5.32 Å². The van der Waals surface area contributed by atoms with Crippen molar-refractivity contribution in [3.63, 3.8) is 0 Å². The van der Waals surface area contributed by atoms with Crippen LogP contribution in [0.15, 0.2) is 0 Å². The van der Waals surface area contributed by atoms with Gasteiger partial charge in [0.2, 0.25) is 5.91 Å². The highest BCUT2D eigenvalue weighted by Gasteiger charge is 2.58. The second kappa shape index (κ2) is 4.24. The van der Waals surface area contributed by atoms with Crippen molar-refractivity contribution in [3.8, 4) is 0 Å². The first kappa shape index (κ1) is 13.2. The summed E-state index contributed by atoms with van der Waals surface area (Å²) in [6.45, 7) is 5.95. The fourth-order valence-corrected chi connectivity index (χ4v) is 6.78. The first-order valence-electron chi connectivity index (χ1n) is 8.80. The Hall–Kier alpha value is -0.530. The molecule has 0 radical (unpaired) electrons. The van der Waals surface area contributed by atoms with Gasteiger partial charge >= 0.3 is 0 Å². The molecule has 1 heterocycles. The van der Waals surface area contributed by atoms with E-state index in [9.17, 15) is 4.79 Å². The third-order valence-electron chi connectivity index (χ3n) is 7.93. The van der Waals surface area contributed by atoms with Crippen LogP contribution in [0, 0.1) is 34.5 Å². The van der Waals surface area contributed by atoms with E-state index < -0.39 is 0 Å². The highest BCUT2D eigenvalue weighted by Crippen LogP contribution is 2.64. The van der Waals surface area contributed by atoms with Gasteiger partial charge in [0, 0.05) is 13.0 Å². The van der Waals surface area contributed by atoms with Gasteiger partial charge in [-0.15, -0.1) is 0 Å². The summed E-state index contributed by atoms with van der Waals surface area (Å²) in [5.41, 5.74) is 0.941. The summed E-state index contributed by atoms with van der Waals surface area (Å²) in [4.78, 5) is 12.0. The fourth-order valence-electron chi connectivity index (χ4n) is 6.78. The number of amides is 1. The van der Waals surface area contributed by atoms with Gasteiger partial charge in [0.05, 0.1) is 0 Å². The van der Waals surface area contributed by atoms with Crippen LogP contribution in [0.25, 0.3) is 0 Å². The summed E-state index contributed by atoms with van der Waals surface area (Å²) in [7, 11) is 0. The fraction of sp³-hybridized carbons (Fsp3) is 0.944. The molecular weight excluding hydrogens is 246 g/mol. The zero-order chi connectivity index (χ0) is 14.0. The van der Waals surface area contributed by atoms with E-state index in [2.05, 4.69) is 19.2 Å². The van der Waals surface area contributed by atoms with Crippen LogP contribution in [0.5, 0.6) is 0 Å². The Labute approximate surface area is 123 Å². The predicted octanol–water partition coefficient (Wildman–Crippen LogP) is 3.76. The molecule has 112 valence electrons. The highest BCUT2D eigenvalue weighted by atomic mass is 16.1. The average Bonchev–Trinajstić information content (AvgIpc) is 2.79. The molecular formula is C18H29NO. The third kappa shape index (κ3) is 1.66. The third-order valence-corrected chi connectivity index (χ3v) is 7.93. The molecule has 1 aliphatic heterocycles. The molecule has 3 saturated carbocycles. The second-order valence-electron chi connectivity index (χ2n) is 8.72. The van der Waals surface area contributed by atoms with E-state index in [-0.39, 0.29) is 0 Å². The van der Waals surface area contributed by atoms with E-state index >= 15 is 0 Å². The van der Waals surface area contributed by atoms with Crippen LogP contribution in [0.1, 0.15) is 65.2 Å². The summed E-state index contributed by atoms with van der Waals surface area (Å²) in [5, 5.41) is 3.12. The predicted molar refractivity (Wildman–Crippen MR) is 80.1 cm³/mol. The Kier molecular flexibility index (Phi) is 2.79. The molecule has 0 bridgehead atoms. The number of hydrogen-bond donors (Lipinski definition) is 1. The highest BCUT2D eigenvalue weighted by molar-refractivity contribution is 5.77. The molecule has 1 N–H and O–H groups in total.